The molecule has 0 aliphatic rings. The number of hydrogen-bond acceptors (Lipinski definition) is 4. The Kier molecular flexibility index (Phi) is 3.17. The maximum atomic E-state index is 11.9. The fraction of sp³-hybridized carbons (Fsp3) is 0.133. The molecule has 112 valence electrons. The molecule has 0 bridgehead atoms. The van der Waals surface area contributed by atoms with Gasteiger partial charge in [0.05, 0.1) is 23.1 Å². The number of carbonyl (C=O) groups is 1. The van der Waals surface area contributed by atoms with Crippen molar-refractivity contribution in [2.24, 2.45) is 0 Å². The lowest BCUT2D eigenvalue weighted by Crippen LogP contribution is -2.20. The molecular formula is C15H13N3O4. The highest BCUT2D eigenvalue weighted by molar-refractivity contribution is 5.92. The third-order valence-electron chi connectivity index (χ3n) is 3.57. The number of aromatic amines is 2. The van der Waals surface area contributed by atoms with Crippen molar-refractivity contribution in [3.8, 4) is 17.0 Å². The maximum Gasteiger partial charge on any atom is 0.345 e. The van der Waals surface area contributed by atoms with Gasteiger partial charge in [-0.15, -0.1) is 0 Å². The number of aromatic nitrogens is 3. The first-order valence-electron chi connectivity index (χ1n) is 6.67. The van der Waals surface area contributed by atoms with Crippen molar-refractivity contribution in [3.63, 3.8) is 0 Å². The molecule has 7 heteroatoms. The van der Waals surface area contributed by atoms with Crippen molar-refractivity contribution >= 4 is 17.0 Å². The SMILES string of the molecule is CCc1c(-c2ccc3nc[nH]c3c2)[nH]c(=O)c(C(=O)O)c1O. The minimum absolute atomic E-state index is 0.374. The van der Waals surface area contributed by atoms with Gasteiger partial charge in [0.25, 0.3) is 5.56 Å². The van der Waals surface area contributed by atoms with Crippen molar-refractivity contribution in [1.82, 2.24) is 15.0 Å². The van der Waals surface area contributed by atoms with E-state index in [0.29, 0.717) is 23.2 Å². The molecule has 0 radical (unpaired) electrons. The second-order valence-electron chi connectivity index (χ2n) is 4.82. The molecule has 3 rings (SSSR count). The lowest BCUT2D eigenvalue weighted by atomic mass is 10.0. The van der Waals surface area contributed by atoms with Crippen molar-refractivity contribution in [1.29, 1.82) is 0 Å². The lowest BCUT2D eigenvalue weighted by Gasteiger charge is -2.12. The van der Waals surface area contributed by atoms with Crippen LogP contribution in [0, 0.1) is 0 Å². The van der Waals surface area contributed by atoms with Gasteiger partial charge in [0.1, 0.15) is 5.75 Å². The summed E-state index contributed by atoms with van der Waals surface area (Å²) in [6.07, 6.45) is 1.93. The molecule has 7 nitrogen and oxygen atoms in total. The van der Waals surface area contributed by atoms with Crippen LogP contribution < -0.4 is 5.56 Å². The number of aromatic carboxylic acids is 1. The molecule has 2 aromatic heterocycles. The molecular weight excluding hydrogens is 286 g/mol. The molecule has 0 fully saturated rings. The average Bonchev–Trinajstić information content (AvgIpc) is 2.93. The standard InChI is InChI=1S/C15H13N3O4/c1-2-8-12(18-14(20)11(13(8)19)15(21)22)7-3-4-9-10(5-7)17-6-16-9/h3-6H,2H2,1H3,(H,16,17)(H,21,22)(H2,18,19,20). The van der Waals surface area contributed by atoms with E-state index in [9.17, 15) is 14.7 Å². The van der Waals surface area contributed by atoms with Gasteiger partial charge in [-0.25, -0.2) is 9.78 Å². The van der Waals surface area contributed by atoms with E-state index in [-0.39, 0.29) is 0 Å². The van der Waals surface area contributed by atoms with Crippen molar-refractivity contribution in [2.45, 2.75) is 13.3 Å². The van der Waals surface area contributed by atoms with Gasteiger partial charge in [0.15, 0.2) is 5.56 Å². The summed E-state index contributed by atoms with van der Waals surface area (Å²) in [5.74, 6) is -1.94. The zero-order valence-corrected chi connectivity index (χ0v) is 11.7. The van der Waals surface area contributed by atoms with Crippen LogP contribution in [-0.4, -0.2) is 31.1 Å². The number of carboxylic acids is 1. The fourth-order valence-electron chi connectivity index (χ4n) is 2.51. The highest BCUT2D eigenvalue weighted by Crippen LogP contribution is 2.30. The van der Waals surface area contributed by atoms with Crippen LogP contribution in [-0.2, 0) is 6.42 Å². The fourth-order valence-corrected chi connectivity index (χ4v) is 2.51. The van der Waals surface area contributed by atoms with Crippen LogP contribution in [0.3, 0.4) is 0 Å². The van der Waals surface area contributed by atoms with E-state index in [1.165, 1.54) is 0 Å². The van der Waals surface area contributed by atoms with Crippen LogP contribution in [0.2, 0.25) is 0 Å². The highest BCUT2D eigenvalue weighted by atomic mass is 16.4. The number of nitrogens with one attached hydrogen (secondary N) is 2. The van der Waals surface area contributed by atoms with Crippen molar-refractivity contribution < 1.29 is 15.0 Å². The van der Waals surface area contributed by atoms with Crippen LogP contribution >= 0.6 is 0 Å². The Morgan fingerprint density at radius 3 is 2.82 bits per heavy atom. The molecule has 0 spiro atoms. The first kappa shape index (κ1) is 13.9. The van der Waals surface area contributed by atoms with E-state index in [1.54, 1.807) is 31.5 Å². The quantitative estimate of drug-likeness (QED) is 0.588. The Morgan fingerprint density at radius 1 is 1.36 bits per heavy atom. The number of imidazole rings is 1. The van der Waals surface area contributed by atoms with E-state index in [4.69, 9.17) is 5.11 Å². The van der Waals surface area contributed by atoms with E-state index in [1.807, 2.05) is 0 Å². The number of rotatable bonds is 3. The molecule has 0 unspecified atom stereocenters. The third-order valence-corrected chi connectivity index (χ3v) is 3.57. The van der Waals surface area contributed by atoms with Gasteiger partial charge < -0.3 is 20.2 Å². The number of hydrogen-bond donors (Lipinski definition) is 4. The van der Waals surface area contributed by atoms with Crippen LogP contribution in [0.1, 0.15) is 22.8 Å². The zero-order valence-electron chi connectivity index (χ0n) is 11.7. The molecule has 22 heavy (non-hydrogen) atoms. The Bertz CT molecular complexity index is 940. The number of aromatic hydroxyl groups is 1. The first-order chi connectivity index (χ1) is 10.5. The third kappa shape index (κ3) is 2.03. The normalized spacial score (nSPS) is 11.0. The average molecular weight is 299 g/mol. The summed E-state index contributed by atoms with van der Waals surface area (Å²) in [6.45, 7) is 1.78. The molecule has 0 aliphatic heterocycles. The Labute approximate surface area is 124 Å². The van der Waals surface area contributed by atoms with Gasteiger partial charge in [0, 0.05) is 11.1 Å². The topological polar surface area (TPSA) is 119 Å². The molecule has 0 aliphatic carbocycles. The van der Waals surface area contributed by atoms with Gasteiger partial charge in [0.2, 0.25) is 0 Å². The van der Waals surface area contributed by atoms with Gasteiger partial charge in [-0.05, 0) is 18.6 Å². The Balaban J connectivity index is 2.30. The second-order valence-corrected chi connectivity index (χ2v) is 4.82. The minimum Gasteiger partial charge on any atom is -0.506 e. The summed E-state index contributed by atoms with van der Waals surface area (Å²) in [4.78, 5) is 32.7. The molecule has 0 atom stereocenters. The molecule has 0 amide bonds. The van der Waals surface area contributed by atoms with Crippen LogP contribution in [0.5, 0.6) is 5.75 Å². The second kappa shape index (κ2) is 5.03. The molecule has 3 aromatic rings. The minimum atomic E-state index is -1.45. The predicted octanol–water partition coefficient (Wildman–Crippen LogP) is 1.88. The van der Waals surface area contributed by atoms with E-state index < -0.39 is 22.8 Å². The Morgan fingerprint density at radius 2 is 2.14 bits per heavy atom. The molecule has 0 saturated heterocycles. The van der Waals surface area contributed by atoms with E-state index >= 15 is 0 Å². The first-order valence-corrected chi connectivity index (χ1v) is 6.67. The number of benzene rings is 1. The summed E-state index contributed by atoms with van der Waals surface area (Å²) in [5.41, 5.74) is 1.54. The van der Waals surface area contributed by atoms with E-state index in [2.05, 4.69) is 15.0 Å². The number of carboxylic acid groups (broad SMARTS) is 1. The van der Waals surface area contributed by atoms with Crippen molar-refractivity contribution in [3.05, 3.63) is 46.0 Å². The monoisotopic (exact) mass is 299 g/mol. The summed E-state index contributed by atoms with van der Waals surface area (Å²) in [7, 11) is 0. The number of H-pyrrole nitrogens is 2. The predicted molar refractivity (Wildman–Crippen MR) is 80.2 cm³/mol. The van der Waals surface area contributed by atoms with Crippen LogP contribution in [0.15, 0.2) is 29.3 Å². The number of pyridine rings is 1. The smallest absolute Gasteiger partial charge is 0.345 e. The lowest BCUT2D eigenvalue weighted by molar-refractivity contribution is 0.0691. The van der Waals surface area contributed by atoms with Gasteiger partial charge in [-0.1, -0.05) is 13.0 Å². The Hall–Kier alpha value is -3.09. The molecule has 0 saturated carbocycles. The van der Waals surface area contributed by atoms with Gasteiger partial charge >= 0.3 is 5.97 Å². The summed E-state index contributed by atoms with van der Waals surface area (Å²) >= 11 is 0. The van der Waals surface area contributed by atoms with Crippen molar-refractivity contribution in [2.75, 3.05) is 0 Å². The van der Waals surface area contributed by atoms with Crippen LogP contribution in [0.25, 0.3) is 22.3 Å². The van der Waals surface area contributed by atoms with Crippen LogP contribution in [0.4, 0.5) is 0 Å². The summed E-state index contributed by atoms with van der Waals surface area (Å²) in [6, 6.07) is 5.32. The largest absolute Gasteiger partial charge is 0.506 e. The maximum absolute atomic E-state index is 11.9. The summed E-state index contributed by atoms with van der Waals surface area (Å²) in [5, 5.41) is 19.2. The zero-order chi connectivity index (χ0) is 15.9. The number of fused-ring (bicyclic) bond motifs is 1. The molecule has 2 heterocycles. The van der Waals surface area contributed by atoms with Gasteiger partial charge in [-0.2, -0.15) is 0 Å². The summed E-state index contributed by atoms with van der Waals surface area (Å²) < 4.78 is 0. The molecule has 1 aromatic carbocycles. The van der Waals surface area contributed by atoms with Gasteiger partial charge in [-0.3, -0.25) is 4.79 Å². The van der Waals surface area contributed by atoms with E-state index in [0.717, 1.165) is 11.0 Å². The number of nitrogens with zero attached hydrogens (tertiary/aromatic N) is 1. The molecule has 4 N–H and O–H groups in total. The highest BCUT2D eigenvalue weighted by Gasteiger charge is 2.21.